The summed E-state index contributed by atoms with van der Waals surface area (Å²) in [4.78, 5) is 35.0. The summed E-state index contributed by atoms with van der Waals surface area (Å²) in [5.41, 5.74) is -1.76. The summed E-state index contributed by atoms with van der Waals surface area (Å²) in [6.45, 7) is 10.3. The summed E-state index contributed by atoms with van der Waals surface area (Å²) in [7, 11) is -4.58. The summed E-state index contributed by atoms with van der Waals surface area (Å²) in [5, 5.41) is 0. The highest BCUT2D eigenvalue weighted by Crippen LogP contribution is 2.33. The average molecular weight is 364 g/mol. The van der Waals surface area contributed by atoms with E-state index in [-0.39, 0.29) is 0 Å². The second kappa shape index (κ2) is 8.60. The molecule has 0 aliphatic carbocycles. The fourth-order valence-corrected chi connectivity index (χ4v) is 1.89. The van der Waals surface area contributed by atoms with Gasteiger partial charge in [-0.15, -0.1) is 0 Å². The van der Waals surface area contributed by atoms with Gasteiger partial charge in [0, 0.05) is 12.2 Å². The van der Waals surface area contributed by atoms with Gasteiger partial charge in [-0.1, -0.05) is 13.2 Å². The summed E-state index contributed by atoms with van der Waals surface area (Å²) in [5.74, 6) is -4.16. The van der Waals surface area contributed by atoms with E-state index in [4.69, 9.17) is 14.0 Å². The molecule has 0 spiro atoms. The number of esters is 3. The summed E-state index contributed by atoms with van der Waals surface area (Å²) in [6, 6.07) is 0. The van der Waals surface area contributed by atoms with Crippen LogP contribution in [0.2, 0.25) is 0 Å². The molecule has 0 aliphatic heterocycles. The molecule has 0 radical (unpaired) electrons. The van der Waals surface area contributed by atoms with Gasteiger partial charge in [-0.05, 0) is 20.8 Å². The van der Waals surface area contributed by atoms with Crippen molar-refractivity contribution >= 4 is 28.0 Å². The molecular weight excluding hydrogens is 344 g/mol. The summed E-state index contributed by atoms with van der Waals surface area (Å²) >= 11 is 0. The number of hydrogen-bond donors (Lipinski definition) is 1. The molecule has 0 rings (SSSR count). The first-order valence-corrected chi connectivity index (χ1v) is 8.27. The molecule has 9 nitrogen and oxygen atoms in total. The van der Waals surface area contributed by atoms with Crippen LogP contribution in [0.5, 0.6) is 0 Å². The third-order valence-corrected chi connectivity index (χ3v) is 3.80. The Bertz CT molecular complexity index is 592. The molecule has 2 unspecified atom stereocenters. The van der Waals surface area contributed by atoms with Gasteiger partial charge in [0.1, 0.15) is 17.6 Å². The molecule has 0 aromatic heterocycles. The minimum atomic E-state index is -4.58. The summed E-state index contributed by atoms with van der Waals surface area (Å²) < 4.78 is 44.6. The van der Waals surface area contributed by atoms with Gasteiger partial charge in [0.05, 0.1) is 0 Å². The number of hydrogen-bond acceptors (Lipinski definition) is 8. The van der Waals surface area contributed by atoms with Crippen molar-refractivity contribution in [3.63, 3.8) is 0 Å². The van der Waals surface area contributed by atoms with Crippen LogP contribution < -0.4 is 0 Å². The van der Waals surface area contributed by atoms with E-state index in [1.165, 1.54) is 20.8 Å². The molecule has 2 atom stereocenters. The molecule has 0 amide bonds. The van der Waals surface area contributed by atoms with Gasteiger partial charge in [0.2, 0.25) is 5.94 Å². The molecule has 10 heteroatoms. The second-order valence-electron chi connectivity index (χ2n) is 4.98. The third-order valence-electron chi connectivity index (χ3n) is 3.39. The van der Waals surface area contributed by atoms with Crippen molar-refractivity contribution in [2.45, 2.75) is 33.0 Å². The van der Waals surface area contributed by atoms with Crippen LogP contribution >= 0.6 is 0 Å². The Kier molecular flexibility index (Phi) is 7.81. The van der Waals surface area contributed by atoms with Crippen molar-refractivity contribution in [1.82, 2.24) is 0 Å². The van der Waals surface area contributed by atoms with Crippen LogP contribution in [-0.4, -0.2) is 49.0 Å². The van der Waals surface area contributed by atoms with Gasteiger partial charge < -0.3 is 14.2 Å². The van der Waals surface area contributed by atoms with Crippen molar-refractivity contribution in [2.24, 2.45) is 5.41 Å². The Morgan fingerprint density at radius 1 is 1.08 bits per heavy atom. The molecule has 1 N–H and O–H groups in total. The minimum Gasteiger partial charge on any atom is -0.458 e. The first kappa shape index (κ1) is 21.8. The molecule has 0 heterocycles. The monoisotopic (exact) mass is 364 g/mol. The van der Waals surface area contributed by atoms with E-state index in [0.717, 1.165) is 12.2 Å². The highest BCUT2D eigenvalue weighted by molar-refractivity contribution is 7.85. The lowest BCUT2D eigenvalue weighted by Gasteiger charge is -2.36. The molecule has 0 aliphatic rings. The molecular formula is C14H20O9S. The van der Waals surface area contributed by atoms with Crippen LogP contribution in [0.3, 0.4) is 0 Å². The number of ether oxygens (including phenoxy) is 3. The van der Waals surface area contributed by atoms with Gasteiger partial charge in [-0.3, -0.25) is 9.35 Å². The maximum Gasteiger partial charge on any atom is 0.330 e. The Hall–Kier alpha value is -2.20. The van der Waals surface area contributed by atoms with E-state index < -0.39 is 51.6 Å². The van der Waals surface area contributed by atoms with Crippen molar-refractivity contribution < 1.29 is 41.6 Å². The lowest BCUT2D eigenvalue weighted by Crippen LogP contribution is -2.51. The molecule has 0 bridgehead atoms. The minimum absolute atomic E-state index is 0.849. The van der Waals surface area contributed by atoms with Crippen LogP contribution in [0.4, 0.5) is 0 Å². The van der Waals surface area contributed by atoms with Gasteiger partial charge in [-0.25, -0.2) is 9.59 Å². The molecule has 0 saturated carbocycles. The van der Waals surface area contributed by atoms with Gasteiger partial charge in [0.25, 0.3) is 0 Å². The number of carbonyl (C=O) groups is 3. The third kappa shape index (κ3) is 6.13. The topological polar surface area (TPSA) is 133 Å². The largest absolute Gasteiger partial charge is 0.458 e. The summed E-state index contributed by atoms with van der Waals surface area (Å²) in [6.07, 6.45) is -0.629. The Morgan fingerprint density at radius 2 is 1.46 bits per heavy atom. The smallest absolute Gasteiger partial charge is 0.330 e. The van der Waals surface area contributed by atoms with E-state index in [2.05, 4.69) is 17.9 Å². The van der Waals surface area contributed by atoms with Crippen LogP contribution in [0.1, 0.15) is 20.8 Å². The van der Waals surface area contributed by atoms with Gasteiger partial charge >= 0.3 is 28.0 Å². The highest BCUT2D eigenvalue weighted by atomic mass is 32.2. The fourth-order valence-electron chi connectivity index (χ4n) is 1.64. The van der Waals surface area contributed by atoms with E-state index in [0.29, 0.717) is 0 Å². The molecule has 0 aromatic carbocycles. The molecule has 0 aromatic rings. The quantitative estimate of drug-likeness (QED) is 0.270. The lowest BCUT2D eigenvalue weighted by molar-refractivity contribution is -0.182. The van der Waals surface area contributed by atoms with Crippen LogP contribution in [0.25, 0.3) is 0 Å². The van der Waals surface area contributed by atoms with Crippen LogP contribution in [-0.2, 0) is 38.7 Å². The van der Waals surface area contributed by atoms with Gasteiger partial charge in [-0.2, -0.15) is 8.42 Å². The van der Waals surface area contributed by atoms with Crippen LogP contribution in [0, 0.1) is 5.41 Å². The second-order valence-corrected chi connectivity index (χ2v) is 6.38. The van der Waals surface area contributed by atoms with E-state index in [9.17, 15) is 22.8 Å². The van der Waals surface area contributed by atoms with Crippen molar-refractivity contribution in [3.05, 3.63) is 25.3 Å². The van der Waals surface area contributed by atoms with E-state index >= 15 is 0 Å². The SMILES string of the molecule is C=CC(=O)OC(C)C(C)(C(=O)OCS(=O)(=O)O)C(C)OC(=O)C=C. The zero-order valence-corrected chi connectivity index (χ0v) is 14.4. The first-order valence-electron chi connectivity index (χ1n) is 6.67. The maximum atomic E-state index is 12.3. The molecule has 136 valence electrons. The predicted octanol–water partition coefficient (Wildman–Crippen LogP) is 0.617. The van der Waals surface area contributed by atoms with Crippen LogP contribution in [0.15, 0.2) is 25.3 Å². The average Bonchev–Trinajstić information content (AvgIpc) is 2.50. The Labute approximate surface area is 140 Å². The number of rotatable bonds is 9. The maximum absolute atomic E-state index is 12.3. The standard InChI is InChI=1S/C14H20O9S/c1-6-11(15)22-9(3)14(5,10(4)23-12(16)7-2)13(17)21-8-24(18,19)20/h6-7,9-10H,1-2,8H2,3-5H3,(H,18,19,20). The lowest BCUT2D eigenvalue weighted by atomic mass is 9.79. The van der Waals surface area contributed by atoms with Crippen molar-refractivity contribution in [2.75, 3.05) is 5.94 Å². The van der Waals surface area contributed by atoms with E-state index in [1.54, 1.807) is 0 Å². The van der Waals surface area contributed by atoms with Crippen molar-refractivity contribution in [1.29, 1.82) is 0 Å². The van der Waals surface area contributed by atoms with Gasteiger partial charge in [0.15, 0.2) is 0 Å². The Balaban J connectivity index is 5.57. The molecule has 0 saturated heterocycles. The normalized spacial score (nSPS) is 16.0. The van der Waals surface area contributed by atoms with Crippen molar-refractivity contribution in [3.8, 4) is 0 Å². The fraction of sp³-hybridized carbons (Fsp3) is 0.500. The zero-order valence-electron chi connectivity index (χ0n) is 13.6. The first-order chi connectivity index (χ1) is 10.9. The number of carbonyl (C=O) groups excluding carboxylic acids is 3. The molecule has 24 heavy (non-hydrogen) atoms. The van der Waals surface area contributed by atoms with E-state index in [1.807, 2.05) is 0 Å². The zero-order chi connectivity index (χ0) is 19.1. The Morgan fingerprint density at radius 3 is 1.75 bits per heavy atom. The molecule has 0 fully saturated rings. The highest BCUT2D eigenvalue weighted by Gasteiger charge is 2.49. The predicted molar refractivity (Wildman–Crippen MR) is 82.1 cm³/mol.